The fraction of sp³-hybridized carbons (Fsp3) is 0.531. The first-order chi connectivity index (χ1) is 19.8. The van der Waals surface area contributed by atoms with Gasteiger partial charge in [-0.05, 0) is 69.4 Å². The van der Waals surface area contributed by atoms with E-state index in [1.165, 1.54) is 0 Å². The molecule has 0 radical (unpaired) electrons. The molecule has 3 N–H and O–H groups in total. The molecule has 3 aliphatic rings. The average molecular weight is 580 g/mol. The molecular weight excluding hydrogens is 538 g/mol. The van der Waals surface area contributed by atoms with Gasteiger partial charge in [0.05, 0.1) is 35.8 Å². The summed E-state index contributed by atoms with van der Waals surface area (Å²) in [6.07, 6.45) is 3.64. The number of aliphatic hydroxyl groups is 1. The van der Waals surface area contributed by atoms with E-state index >= 15 is 0 Å². The lowest BCUT2D eigenvalue weighted by molar-refractivity contribution is -0.142. The molecule has 2 aromatic carbocycles. The summed E-state index contributed by atoms with van der Waals surface area (Å²) in [6.45, 7) is 6.26. The number of thioether (sulfide) groups is 1. The topological polar surface area (TPSA) is 108 Å². The third-order valence-electron chi connectivity index (χ3n) is 8.75. The lowest BCUT2D eigenvalue weighted by Gasteiger charge is -2.37. The van der Waals surface area contributed by atoms with E-state index in [1.807, 2.05) is 56.3 Å². The van der Waals surface area contributed by atoms with Crippen LogP contribution in [0.3, 0.4) is 0 Å². The molecule has 0 aromatic heterocycles. The third-order valence-corrected chi connectivity index (χ3v) is 10.7. The minimum atomic E-state index is -0.751. The fourth-order valence-corrected chi connectivity index (χ4v) is 9.28. The maximum atomic E-state index is 14.4. The van der Waals surface area contributed by atoms with Crippen LogP contribution in [0.1, 0.15) is 52.0 Å². The van der Waals surface area contributed by atoms with Gasteiger partial charge in [0.1, 0.15) is 11.8 Å². The minimum absolute atomic E-state index is 0.0380. The van der Waals surface area contributed by atoms with E-state index in [0.717, 1.165) is 30.6 Å². The number of ether oxygens (including phenoxy) is 1. The van der Waals surface area contributed by atoms with Crippen molar-refractivity contribution in [1.82, 2.24) is 10.2 Å². The van der Waals surface area contributed by atoms with Crippen LogP contribution in [0.25, 0.3) is 0 Å². The predicted octanol–water partition coefficient (Wildman–Crippen LogP) is 4.02. The highest BCUT2D eigenvalue weighted by Crippen LogP contribution is 2.66. The van der Waals surface area contributed by atoms with Crippen molar-refractivity contribution in [3.8, 4) is 5.75 Å². The quantitative estimate of drug-likeness (QED) is 0.351. The van der Waals surface area contributed by atoms with Gasteiger partial charge >= 0.3 is 0 Å². The Labute approximate surface area is 246 Å². The normalized spacial score (nSPS) is 27.8. The number of benzene rings is 2. The molecule has 2 aromatic rings. The molecule has 3 saturated heterocycles. The van der Waals surface area contributed by atoms with Crippen LogP contribution in [0.4, 0.5) is 5.69 Å². The van der Waals surface area contributed by atoms with E-state index in [2.05, 4.69) is 17.6 Å². The van der Waals surface area contributed by atoms with Crippen molar-refractivity contribution in [1.29, 1.82) is 0 Å². The highest BCUT2D eigenvalue weighted by molar-refractivity contribution is 8.02. The largest absolute Gasteiger partial charge is 0.494 e. The molecule has 7 atom stereocenters. The van der Waals surface area contributed by atoms with Crippen LogP contribution in [-0.4, -0.2) is 69.1 Å². The second-order valence-corrected chi connectivity index (χ2v) is 13.1. The number of carbonyl (C=O) groups excluding carboxylic acids is 3. The zero-order valence-corrected chi connectivity index (χ0v) is 24.9. The Morgan fingerprint density at radius 3 is 2.51 bits per heavy atom. The van der Waals surface area contributed by atoms with Crippen LogP contribution in [0.15, 0.2) is 54.6 Å². The van der Waals surface area contributed by atoms with E-state index in [1.54, 1.807) is 28.8 Å². The number of nitrogens with zero attached hydrogens (tertiary/aromatic N) is 1. The first-order valence-corrected chi connectivity index (χ1v) is 15.7. The zero-order chi connectivity index (χ0) is 29.1. The summed E-state index contributed by atoms with van der Waals surface area (Å²) >= 11 is 1.64. The predicted molar refractivity (Wildman–Crippen MR) is 161 cm³/mol. The molecule has 1 spiro atoms. The number of fused-ring (bicyclic) bond motifs is 1. The van der Waals surface area contributed by atoms with E-state index in [9.17, 15) is 19.5 Å². The van der Waals surface area contributed by atoms with Gasteiger partial charge in [-0.25, -0.2) is 0 Å². The molecule has 2 bridgehead atoms. The van der Waals surface area contributed by atoms with Gasteiger partial charge < -0.3 is 25.4 Å². The second kappa shape index (κ2) is 12.4. The second-order valence-electron chi connectivity index (χ2n) is 11.5. The van der Waals surface area contributed by atoms with Crippen LogP contribution in [0.2, 0.25) is 0 Å². The Morgan fingerprint density at radius 2 is 1.85 bits per heavy atom. The monoisotopic (exact) mass is 579 g/mol. The molecule has 3 fully saturated rings. The van der Waals surface area contributed by atoms with Crippen LogP contribution in [0, 0.1) is 11.8 Å². The first kappa shape index (κ1) is 29.5. The third kappa shape index (κ3) is 5.58. The molecule has 3 unspecified atom stereocenters. The van der Waals surface area contributed by atoms with Crippen molar-refractivity contribution in [2.75, 3.05) is 18.5 Å². The van der Waals surface area contributed by atoms with Crippen LogP contribution in [0.5, 0.6) is 5.75 Å². The molecule has 3 aliphatic heterocycles. The van der Waals surface area contributed by atoms with Gasteiger partial charge in [-0.1, -0.05) is 43.7 Å². The SMILES string of the molecule is CCCC(C)NC(=O)C1N([C@@H](CO)Cc2ccccc2)C(=O)[C@@H]2[C@@H](C(=O)Nc3ccc(OCC)cc3)[C@H]3CCC12S3. The number of hydrogen-bond donors (Lipinski definition) is 3. The van der Waals surface area contributed by atoms with Crippen LogP contribution in [-0.2, 0) is 20.8 Å². The fourth-order valence-electron chi connectivity index (χ4n) is 7.07. The number of anilines is 1. The number of aliphatic hydroxyl groups excluding tert-OH is 1. The molecule has 8 nitrogen and oxygen atoms in total. The van der Waals surface area contributed by atoms with Gasteiger partial charge in [-0.3, -0.25) is 14.4 Å². The van der Waals surface area contributed by atoms with Gasteiger partial charge in [-0.15, -0.1) is 11.8 Å². The lowest BCUT2D eigenvalue weighted by Crippen LogP contribution is -2.58. The summed E-state index contributed by atoms with van der Waals surface area (Å²) in [5.41, 5.74) is 1.62. The molecule has 0 saturated carbocycles. The van der Waals surface area contributed by atoms with Crippen molar-refractivity contribution in [3.05, 3.63) is 60.2 Å². The minimum Gasteiger partial charge on any atom is -0.494 e. The van der Waals surface area contributed by atoms with Crippen LogP contribution >= 0.6 is 11.8 Å². The maximum Gasteiger partial charge on any atom is 0.244 e. The highest BCUT2D eigenvalue weighted by Gasteiger charge is 2.74. The zero-order valence-electron chi connectivity index (χ0n) is 24.0. The first-order valence-electron chi connectivity index (χ1n) is 14.8. The summed E-state index contributed by atoms with van der Waals surface area (Å²) < 4.78 is 4.81. The van der Waals surface area contributed by atoms with Gasteiger partial charge in [0.2, 0.25) is 17.7 Å². The molecule has 220 valence electrons. The summed E-state index contributed by atoms with van der Waals surface area (Å²) in [5.74, 6) is -1.05. The number of amides is 3. The van der Waals surface area contributed by atoms with Crippen molar-refractivity contribution < 1.29 is 24.2 Å². The van der Waals surface area contributed by atoms with Gasteiger partial charge in [0, 0.05) is 17.0 Å². The van der Waals surface area contributed by atoms with E-state index in [0.29, 0.717) is 25.1 Å². The Hall–Kier alpha value is -3.04. The summed E-state index contributed by atoms with van der Waals surface area (Å²) in [4.78, 5) is 43.9. The standard InChI is InChI=1S/C32H41N3O5S/c1-4-9-20(3)33-30(38)28-32-17-16-25(41-32)26(29(37)34-22-12-14-24(15-13-22)40-5-2)27(32)31(39)35(28)23(19-36)18-21-10-7-6-8-11-21/h6-8,10-15,20,23,25-28,36H,4-5,9,16-19H2,1-3H3,(H,33,38)(H,34,37)/t20?,23-,25-,26+,27+,28?,32?/m1/s1. The maximum absolute atomic E-state index is 14.4. The molecule has 0 aliphatic carbocycles. The molecule has 3 amide bonds. The Kier molecular flexibility index (Phi) is 8.94. The lowest BCUT2D eigenvalue weighted by atomic mass is 9.70. The number of nitrogens with one attached hydrogen (secondary N) is 2. The van der Waals surface area contributed by atoms with Crippen molar-refractivity contribution in [2.24, 2.45) is 11.8 Å². The molecular formula is C32H41N3O5S. The summed E-state index contributed by atoms with van der Waals surface area (Å²) in [5, 5.41) is 16.7. The van der Waals surface area contributed by atoms with Crippen molar-refractivity contribution >= 4 is 35.2 Å². The van der Waals surface area contributed by atoms with Gasteiger partial charge in [0.15, 0.2) is 0 Å². The van der Waals surface area contributed by atoms with E-state index in [-0.39, 0.29) is 35.6 Å². The van der Waals surface area contributed by atoms with Gasteiger partial charge in [0.25, 0.3) is 0 Å². The number of rotatable bonds is 12. The molecule has 3 heterocycles. The van der Waals surface area contributed by atoms with Crippen LogP contribution < -0.4 is 15.4 Å². The number of likely N-dealkylation sites (tertiary alicyclic amines) is 1. The molecule has 9 heteroatoms. The van der Waals surface area contributed by atoms with E-state index < -0.39 is 28.7 Å². The summed E-state index contributed by atoms with van der Waals surface area (Å²) in [7, 11) is 0. The highest BCUT2D eigenvalue weighted by atomic mass is 32.2. The Balaban J connectivity index is 1.46. The summed E-state index contributed by atoms with van der Waals surface area (Å²) in [6, 6.07) is 15.6. The number of carbonyl (C=O) groups is 3. The molecule has 5 rings (SSSR count). The van der Waals surface area contributed by atoms with Gasteiger partial charge in [-0.2, -0.15) is 0 Å². The number of hydrogen-bond acceptors (Lipinski definition) is 6. The molecule has 41 heavy (non-hydrogen) atoms. The van der Waals surface area contributed by atoms with Crippen molar-refractivity contribution in [3.63, 3.8) is 0 Å². The van der Waals surface area contributed by atoms with Crippen molar-refractivity contribution in [2.45, 2.75) is 81.0 Å². The average Bonchev–Trinajstić information content (AvgIpc) is 3.61. The Bertz CT molecular complexity index is 1240. The smallest absolute Gasteiger partial charge is 0.244 e. The van der Waals surface area contributed by atoms with E-state index in [4.69, 9.17) is 4.74 Å². The Morgan fingerprint density at radius 1 is 1.12 bits per heavy atom.